The third-order valence-electron chi connectivity index (χ3n) is 0.376. The van der Waals surface area contributed by atoms with Crippen LogP contribution in [0.4, 0.5) is 0 Å². The molecule has 0 amide bonds. The first-order chi connectivity index (χ1) is 2.41. The molecule has 0 aromatic heterocycles. The Morgan fingerprint density at radius 1 is 1.80 bits per heavy atom. The Morgan fingerprint density at radius 3 is 2.40 bits per heavy atom. The molecule has 5 heavy (non-hydrogen) atoms. The van der Waals surface area contributed by atoms with Crippen LogP contribution < -0.4 is 0 Å². The summed E-state index contributed by atoms with van der Waals surface area (Å²) in [4.78, 5) is 0. The van der Waals surface area contributed by atoms with Crippen LogP contribution in [-0.2, 0) is 21.1 Å². The van der Waals surface area contributed by atoms with Gasteiger partial charge in [-0.2, -0.15) is 0 Å². The van der Waals surface area contributed by atoms with E-state index in [0.717, 1.165) is 4.64 Å². The van der Waals surface area contributed by atoms with Crippen LogP contribution in [0, 0.1) is 6.42 Å². The number of rotatable bonds is 2. The Labute approximate surface area is 45.9 Å². The van der Waals surface area contributed by atoms with E-state index in [1.807, 2.05) is 0 Å². The van der Waals surface area contributed by atoms with Gasteiger partial charge in [0.15, 0.2) is 0 Å². The Hall–Kier alpha value is 0.740. The van der Waals surface area contributed by atoms with Crippen LogP contribution in [0.1, 0.15) is 13.3 Å². The van der Waals surface area contributed by atoms with Crippen LogP contribution in [0.5, 0.6) is 0 Å². The van der Waals surface area contributed by atoms with Crippen LogP contribution in [0.2, 0.25) is 4.64 Å². The topological polar surface area (TPSA) is 0 Å². The Balaban J connectivity index is 2.19. The molecule has 0 rings (SSSR count). The SMILES string of the molecule is C[CH]C[CH2][Ag]. The molecule has 0 saturated heterocycles. The molecule has 0 aliphatic rings. The molecule has 0 N–H and O–H groups in total. The third-order valence-corrected chi connectivity index (χ3v) is 0.804. The zero-order chi connectivity index (χ0) is 4.12. The molecule has 0 fully saturated rings. The van der Waals surface area contributed by atoms with Gasteiger partial charge < -0.3 is 0 Å². The van der Waals surface area contributed by atoms with Crippen molar-refractivity contribution in [3.8, 4) is 0 Å². The first-order valence-electron chi connectivity index (χ1n) is 1.70. The van der Waals surface area contributed by atoms with Gasteiger partial charge in [-0.3, -0.25) is 0 Å². The van der Waals surface area contributed by atoms with Crippen molar-refractivity contribution in [2.75, 3.05) is 0 Å². The summed E-state index contributed by atoms with van der Waals surface area (Å²) in [6.07, 6.45) is 3.31. The zero-order valence-electron chi connectivity index (χ0n) is 3.29. The first kappa shape index (κ1) is 5.74. The van der Waals surface area contributed by atoms with Gasteiger partial charge in [-0.15, -0.1) is 0 Å². The second kappa shape index (κ2) is 4.74. The summed E-state index contributed by atoms with van der Waals surface area (Å²) in [7, 11) is 0. The van der Waals surface area contributed by atoms with Gasteiger partial charge >= 0.3 is 45.5 Å². The average Bonchev–Trinajstić information content (AvgIpc) is 1.41. The third kappa shape index (κ3) is 4.74. The summed E-state index contributed by atoms with van der Waals surface area (Å²) in [6.45, 7) is 2.06. The first-order valence-corrected chi connectivity index (χ1v) is 2.75. The average molecular weight is 164 g/mol. The molecule has 0 aliphatic carbocycles. The van der Waals surface area contributed by atoms with Crippen LogP contribution in [0.15, 0.2) is 0 Å². The summed E-state index contributed by atoms with van der Waals surface area (Å²) >= 11 is 3.29. The van der Waals surface area contributed by atoms with Gasteiger partial charge in [-0.05, 0) is 0 Å². The van der Waals surface area contributed by atoms with Crippen molar-refractivity contribution >= 4 is 0 Å². The van der Waals surface area contributed by atoms with Gasteiger partial charge in [0.25, 0.3) is 0 Å². The summed E-state index contributed by atoms with van der Waals surface area (Å²) in [5, 5.41) is 0. The quantitative estimate of drug-likeness (QED) is 0.543. The summed E-state index contributed by atoms with van der Waals surface area (Å²) in [5.74, 6) is 0. The van der Waals surface area contributed by atoms with Crippen molar-refractivity contribution in [2.45, 2.75) is 18.0 Å². The molecule has 0 bridgehead atoms. The van der Waals surface area contributed by atoms with E-state index < -0.39 is 0 Å². The standard InChI is InChI=1S/C4H8.Ag/c1-3-4-2;/h4H,1,3H2,2H3;. The Kier molecular flexibility index (Phi) is 5.44. The second-order valence-electron chi connectivity index (χ2n) is 0.848. The van der Waals surface area contributed by atoms with Gasteiger partial charge in [0, 0.05) is 0 Å². The molecule has 0 unspecified atom stereocenters. The summed E-state index contributed by atoms with van der Waals surface area (Å²) < 4.78 is 1.10. The van der Waals surface area contributed by atoms with E-state index in [1.54, 1.807) is 0 Å². The molecule has 0 nitrogen and oxygen atoms in total. The van der Waals surface area contributed by atoms with E-state index in [-0.39, 0.29) is 0 Å². The molecule has 0 atom stereocenters. The number of hydrogen-bond acceptors (Lipinski definition) is 0. The van der Waals surface area contributed by atoms with E-state index >= 15 is 0 Å². The molecule has 1 heteroatoms. The maximum atomic E-state index is 3.29. The van der Waals surface area contributed by atoms with Gasteiger partial charge in [0.2, 0.25) is 0 Å². The molecular weight excluding hydrogens is 156 g/mol. The van der Waals surface area contributed by atoms with Gasteiger partial charge in [0.1, 0.15) is 0 Å². The number of unbranched alkanes of at least 4 members (excludes halogenated alkanes) is 1. The van der Waals surface area contributed by atoms with Crippen molar-refractivity contribution in [1.29, 1.82) is 0 Å². The van der Waals surface area contributed by atoms with Gasteiger partial charge in [-0.1, -0.05) is 0 Å². The molecule has 0 spiro atoms. The summed E-state index contributed by atoms with van der Waals surface area (Å²) in [5.41, 5.74) is 0. The molecule has 0 saturated carbocycles. The fraction of sp³-hybridized carbons (Fsp3) is 0.750. The monoisotopic (exact) mass is 163 g/mol. The molecule has 0 heterocycles. The van der Waals surface area contributed by atoms with Crippen LogP contribution in [0.25, 0.3) is 0 Å². The van der Waals surface area contributed by atoms with E-state index in [2.05, 4.69) is 34.4 Å². The van der Waals surface area contributed by atoms with Gasteiger partial charge in [-0.25, -0.2) is 0 Å². The zero-order valence-corrected chi connectivity index (χ0v) is 4.78. The van der Waals surface area contributed by atoms with E-state index in [4.69, 9.17) is 0 Å². The number of hydrogen-bond donors (Lipinski definition) is 0. The van der Waals surface area contributed by atoms with Gasteiger partial charge in [0.05, 0.1) is 0 Å². The Bertz CT molecular complexity index is 11.1. The molecule has 35 valence electrons. The molecule has 0 aliphatic heterocycles. The minimum atomic E-state index is 1.10. The molecule has 0 aromatic carbocycles. The molecule has 0 aromatic rings. The minimum absolute atomic E-state index is 1.10. The van der Waals surface area contributed by atoms with Crippen molar-refractivity contribution in [2.24, 2.45) is 0 Å². The fourth-order valence-electron chi connectivity index (χ4n) is 0.0870. The van der Waals surface area contributed by atoms with Crippen LogP contribution >= 0.6 is 0 Å². The molecule has 1 radical (unpaired) electrons. The second-order valence-corrected chi connectivity index (χ2v) is 1.59. The normalized spacial score (nSPS) is 8.60. The van der Waals surface area contributed by atoms with E-state index in [0.29, 0.717) is 0 Å². The van der Waals surface area contributed by atoms with Crippen molar-refractivity contribution in [3.63, 3.8) is 0 Å². The Morgan fingerprint density at radius 2 is 2.40 bits per heavy atom. The summed E-state index contributed by atoms with van der Waals surface area (Å²) in [6, 6.07) is 0. The maximum absolute atomic E-state index is 3.29. The predicted molar refractivity (Wildman–Crippen MR) is 19.4 cm³/mol. The predicted octanol–water partition coefficient (Wildman–Crippen LogP) is 1.57. The van der Waals surface area contributed by atoms with Crippen LogP contribution in [0.3, 0.4) is 0 Å². The fourth-order valence-corrected chi connectivity index (χ4v) is 0.515. The molecular formula is C4H8Ag. The van der Waals surface area contributed by atoms with Crippen LogP contribution in [-0.4, -0.2) is 0 Å². The van der Waals surface area contributed by atoms with E-state index in [9.17, 15) is 0 Å². The van der Waals surface area contributed by atoms with Crippen molar-refractivity contribution in [1.82, 2.24) is 0 Å². The van der Waals surface area contributed by atoms with E-state index in [1.165, 1.54) is 6.42 Å². The van der Waals surface area contributed by atoms with Crippen molar-refractivity contribution in [3.05, 3.63) is 6.42 Å². The van der Waals surface area contributed by atoms with Crippen molar-refractivity contribution < 1.29 is 21.1 Å².